The molecule has 4 nitrogen and oxygen atoms in total. The number of hydrogen-bond donors (Lipinski definition) is 2. The van der Waals surface area contributed by atoms with E-state index in [9.17, 15) is 9.18 Å². The number of anilines is 2. The van der Waals surface area contributed by atoms with Gasteiger partial charge >= 0.3 is 0 Å². The van der Waals surface area contributed by atoms with Crippen molar-refractivity contribution in [2.45, 2.75) is 0 Å². The fourth-order valence-corrected chi connectivity index (χ4v) is 2.43. The topological polar surface area (TPSA) is 54.0 Å². The first-order valence-electron chi connectivity index (χ1n) is 5.72. The van der Waals surface area contributed by atoms with E-state index in [2.05, 4.69) is 31.5 Å². The van der Waals surface area contributed by atoms with Crippen molar-refractivity contribution in [1.82, 2.24) is 4.98 Å². The van der Waals surface area contributed by atoms with Gasteiger partial charge in [0.15, 0.2) is 11.6 Å². The highest BCUT2D eigenvalue weighted by atomic mass is 79.9. The van der Waals surface area contributed by atoms with Crippen LogP contribution in [-0.4, -0.2) is 17.9 Å². The number of nitrogens with one attached hydrogen (secondary N) is 2. The number of rotatable bonds is 3. The van der Waals surface area contributed by atoms with E-state index in [1.54, 1.807) is 12.1 Å². The van der Waals surface area contributed by atoms with Crippen LogP contribution in [0.1, 0.15) is 10.4 Å². The molecule has 1 heterocycles. The Kier molecular flexibility index (Phi) is 5.03. The molecule has 0 fully saturated rings. The predicted octanol–water partition coefficient (Wildman–Crippen LogP) is 4.58. The number of carbonyl (C=O) groups is 1. The first-order chi connectivity index (χ1) is 9.95. The number of pyridine rings is 1. The monoisotopic (exact) mass is 391 g/mol. The SMILES string of the molecule is CNc1nccc(C(=O)Nc2ccc(Br)c(Cl)c2Cl)c1F. The Hall–Kier alpha value is -1.37. The molecule has 0 saturated heterocycles. The number of nitrogens with zero attached hydrogens (tertiary/aromatic N) is 1. The van der Waals surface area contributed by atoms with E-state index in [4.69, 9.17) is 23.2 Å². The number of hydrogen-bond acceptors (Lipinski definition) is 3. The summed E-state index contributed by atoms with van der Waals surface area (Å²) in [5.74, 6) is -1.40. The van der Waals surface area contributed by atoms with Gasteiger partial charge in [-0.15, -0.1) is 0 Å². The predicted molar refractivity (Wildman–Crippen MR) is 85.9 cm³/mol. The van der Waals surface area contributed by atoms with Gasteiger partial charge in [0, 0.05) is 17.7 Å². The van der Waals surface area contributed by atoms with E-state index in [0.29, 0.717) is 4.47 Å². The highest BCUT2D eigenvalue weighted by Gasteiger charge is 2.17. The van der Waals surface area contributed by atoms with E-state index >= 15 is 0 Å². The number of halogens is 4. The van der Waals surface area contributed by atoms with Gasteiger partial charge in [-0.1, -0.05) is 23.2 Å². The number of amides is 1. The maximum Gasteiger partial charge on any atom is 0.258 e. The average Bonchev–Trinajstić information content (AvgIpc) is 2.48. The number of carbonyl (C=O) groups excluding carboxylic acids is 1. The zero-order valence-corrected chi connectivity index (χ0v) is 13.8. The molecule has 0 aliphatic rings. The van der Waals surface area contributed by atoms with Crippen molar-refractivity contribution in [2.75, 3.05) is 17.7 Å². The molecule has 0 bridgehead atoms. The zero-order chi connectivity index (χ0) is 15.6. The van der Waals surface area contributed by atoms with Gasteiger partial charge in [-0.3, -0.25) is 4.79 Å². The molecule has 1 aromatic heterocycles. The molecule has 0 aliphatic heterocycles. The van der Waals surface area contributed by atoms with Crippen LogP contribution in [0.2, 0.25) is 10.0 Å². The average molecular weight is 393 g/mol. The second-order valence-corrected chi connectivity index (χ2v) is 5.56. The summed E-state index contributed by atoms with van der Waals surface area (Å²) in [6.45, 7) is 0. The summed E-state index contributed by atoms with van der Waals surface area (Å²) in [4.78, 5) is 15.9. The van der Waals surface area contributed by atoms with E-state index in [0.717, 1.165) is 0 Å². The lowest BCUT2D eigenvalue weighted by molar-refractivity contribution is 0.102. The van der Waals surface area contributed by atoms with E-state index in [1.165, 1.54) is 19.3 Å². The summed E-state index contributed by atoms with van der Waals surface area (Å²) in [5, 5.41) is 5.51. The van der Waals surface area contributed by atoms with E-state index in [-0.39, 0.29) is 27.1 Å². The largest absolute Gasteiger partial charge is 0.371 e. The van der Waals surface area contributed by atoms with Crippen LogP contribution in [0.4, 0.5) is 15.9 Å². The maximum absolute atomic E-state index is 14.0. The molecule has 1 aromatic carbocycles. The van der Waals surface area contributed by atoms with Crippen molar-refractivity contribution >= 4 is 56.5 Å². The Morgan fingerprint density at radius 2 is 2.00 bits per heavy atom. The molecule has 0 unspecified atom stereocenters. The van der Waals surface area contributed by atoms with Crippen molar-refractivity contribution in [3.8, 4) is 0 Å². The van der Waals surface area contributed by atoms with Gasteiger partial charge in [0.2, 0.25) is 0 Å². The van der Waals surface area contributed by atoms with E-state index < -0.39 is 11.7 Å². The first kappa shape index (κ1) is 16.0. The third-order valence-corrected chi connectivity index (χ3v) is 4.43. The van der Waals surface area contributed by atoms with Crippen LogP contribution in [0.3, 0.4) is 0 Å². The lowest BCUT2D eigenvalue weighted by Crippen LogP contribution is -2.15. The Bertz CT molecular complexity index is 712. The lowest BCUT2D eigenvalue weighted by atomic mass is 10.2. The van der Waals surface area contributed by atoms with Gasteiger partial charge < -0.3 is 10.6 Å². The Morgan fingerprint density at radius 3 is 2.67 bits per heavy atom. The Morgan fingerprint density at radius 1 is 1.29 bits per heavy atom. The minimum atomic E-state index is -0.739. The Labute approximate surface area is 138 Å². The minimum Gasteiger partial charge on any atom is -0.371 e. The summed E-state index contributed by atoms with van der Waals surface area (Å²) >= 11 is 15.2. The van der Waals surface area contributed by atoms with Crippen LogP contribution in [0.5, 0.6) is 0 Å². The molecule has 0 radical (unpaired) electrons. The molecule has 21 heavy (non-hydrogen) atoms. The summed E-state index contributed by atoms with van der Waals surface area (Å²) in [7, 11) is 1.51. The molecule has 110 valence electrons. The fraction of sp³-hybridized carbons (Fsp3) is 0.0769. The third kappa shape index (κ3) is 3.28. The molecular weight excluding hydrogens is 384 g/mol. The van der Waals surface area contributed by atoms with Gasteiger partial charge in [0.25, 0.3) is 5.91 Å². The summed E-state index contributed by atoms with van der Waals surface area (Å²) in [6, 6.07) is 4.47. The first-order valence-corrected chi connectivity index (χ1v) is 7.27. The third-order valence-electron chi connectivity index (χ3n) is 2.65. The number of aromatic nitrogens is 1. The molecule has 0 saturated carbocycles. The highest BCUT2D eigenvalue weighted by molar-refractivity contribution is 9.10. The smallest absolute Gasteiger partial charge is 0.258 e. The molecule has 2 rings (SSSR count). The summed E-state index contributed by atoms with van der Waals surface area (Å²) < 4.78 is 14.6. The molecule has 8 heteroatoms. The quantitative estimate of drug-likeness (QED) is 0.751. The van der Waals surface area contributed by atoms with E-state index in [1.807, 2.05) is 0 Å². The summed E-state index contributed by atoms with van der Waals surface area (Å²) in [5.41, 5.74) is 0.140. The molecule has 1 amide bonds. The summed E-state index contributed by atoms with van der Waals surface area (Å²) in [6.07, 6.45) is 1.33. The van der Waals surface area contributed by atoms with Crippen LogP contribution in [0, 0.1) is 5.82 Å². The zero-order valence-electron chi connectivity index (χ0n) is 10.7. The van der Waals surface area contributed by atoms with Crippen molar-refractivity contribution in [2.24, 2.45) is 0 Å². The molecule has 0 aliphatic carbocycles. The van der Waals surface area contributed by atoms with Gasteiger partial charge in [0.05, 0.1) is 21.3 Å². The van der Waals surface area contributed by atoms with Gasteiger partial charge in [-0.25, -0.2) is 9.37 Å². The fourth-order valence-electron chi connectivity index (χ4n) is 1.61. The molecule has 2 N–H and O–H groups in total. The second kappa shape index (κ2) is 6.60. The van der Waals surface area contributed by atoms with Crippen LogP contribution < -0.4 is 10.6 Å². The van der Waals surface area contributed by atoms with Gasteiger partial charge in [0.1, 0.15) is 0 Å². The lowest BCUT2D eigenvalue weighted by Gasteiger charge is -2.11. The number of benzene rings is 1. The van der Waals surface area contributed by atoms with Crippen LogP contribution in [0.25, 0.3) is 0 Å². The van der Waals surface area contributed by atoms with Gasteiger partial charge in [-0.05, 0) is 34.1 Å². The normalized spacial score (nSPS) is 10.3. The van der Waals surface area contributed by atoms with Crippen molar-refractivity contribution in [3.05, 3.63) is 50.3 Å². The molecule has 0 spiro atoms. The second-order valence-electron chi connectivity index (χ2n) is 3.95. The van der Waals surface area contributed by atoms with Crippen LogP contribution >= 0.6 is 39.1 Å². The van der Waals surface area contributed by atoms with Crippen molar-refractivity contribution < 1.29 is 9.18 Å². The van der Waals surface area contributed by atoms with Crippen molar-refractivity contribution in [1.29, 1.82) is 0 Å². The molecule has 2 aromatic rings. The van der Waals surface area contributed by atoms with Gasteiger partial charge in [-0.2, -0.15) is 0 Å². The standard InChI is InChI=1S/C13H9BrCl2FN3O/c1-18-12-11(17)6(4-5-19-12)13(21)20-8-3-2-7(14)9(15)10(8)16/h2-5H,1H3,(H,18,19)(H,20,21). The minimum absolute atomic E-state index is 0.0115. The van der Waals surface area contributed by atoms with Crippen LogP contribution in [0.15, 0.2) is 28.9 Å². The van der Waals surface area contributed by atoms with Crippen molar-refractivity contribution in [3.63, 3.8) is 0 Å². The molecular formula is C13H9BrCl2FN3O. The van der Waals surface area contributed by atoms with Crippen LogP contribution in [-0.2, 0) is 0 Å². The highest BCUT2D eigenvalue weighted by Crippen LogP contribution is 2.36. The Balaban J connectivity index is 2.33. The maximum atomic E-state index is 14.0. The molecule has 0 atom stereocenters.